The van der Waals surface area contributed by atoms with Crippen molar-refractivity contribution in [3.63, 3.8) is 0 Å². The van der Waals surface area contributed by atoms with Gasteiger partial charge in [-0.05, 0) is 40.0 Å². The lowest BCUT2D eigenvalue weighted by molar-refractivity contribution is -0.140. The Morgan fingerprint density at radius 1 is 1.20 bits per heavy atom. The van der Waals surface area contributed by atoms with Crippen molar-refractivity contribution in [2.45, 2.75) is 57.7 Å². The zero-order chi connectivity index (χ0) is 14.7. The molecule has 6 heteroatoms. The molecule has 0 aliphatic carbocycles. The van der Waals surface area contributed by atoms with E-state index < -0.39 is 11.6 Å². The first kappa shape index (κ1) is 13.4. The van der Waals surface area contributed by atoms with Crippen LogP contribution in [0.1, 0.15) is 40.0 Å². The summed E-state index contributed by atoms with van der Waals surface area (Å²) in [6.45, 7) is 6.96. The summed E-state index contributed by atoms with van der Waals surface area (Å²) in [6, 6.07) is -0.769. The van der Waals surface area contributed by atoms with Gasteiger partial charge in [-0.15, -0.1) is 0 Å². The van der Waals surface area contributed by atoms with E-state index in [2.05, 4.69) is 0 Å². The van der Waals surface area contributed by atoms with E-state index in [4.69, 9.17) is 0 Å². The van der Waals surface area contributed by atoms with Gasteiger partial charge >= 0.3 is 6.03 Å². The Kier molecular flexibility index (Phi) is 2.81. The summed E-state index contributed by atoms with van der Waals surface area (Å²) in [4.78, 5) is 42.1. The topological polar surface area (TPSA) is 60.9 Å². The van der Waals surface area contributed by atoms with Crippen LogP contribution in [0.25, 0.3) is 0 Å². The van der Waals surface area contributed by atoms with E-state index in [1.54, 1.807) is 9.80 Å². The summed E-state index contributed by atoms with van der Waals surface area (Å²) in [5, 5.41) is 0. The first-order valence-corrected chi connectivity index (χ1v) is 7.33. The minimum atomic E-state index is -0.720. The lowest BCUT2D eigenvalue weighted by Gasteiger charge is -2.24. The highest BCUT2D eigenvalue weighted by molar-refractivity contribution is 6.10. The molecule has 0 bridgehead atoms. The second-order valence-electron chi connectivity index (χ2n) is 6.42. The quantitative estimate of drug-likeness (QED) is 0.703. The standard InChI is InChI=1S/C14H21N3O3/c1-9(2)15-8-5-10(11(15)18)17-12(19)14(3)6-4-7-16(14)13(17)20/h9-10H,4-8H2,1-3H3/t10?,14-/m0/s1. The Balaban J connectivity index is 1.87. The van der Waals surface area contributed by atoms with Crippen molar-refractivity contribution in [1.29, 1.82) is 0 Å². The maximum absolute atomic E-state index is 12.6. The van der Waals surface area contributed by atoms with Gasteiger partial charge in [-0.25, -0.2) is 9.69 Å². The van der Waals surface area contributed by atoms with Gasteiger partial charge in [-0.1, -0.05) is 0 Å². The predicted octanol–water partition coefficient (Wildman–Crippen LogP) is 0.812. The fourth-order valence-corrected chi connectivity index (χ4v) is 3.68. The van der Waals surface area contributed by atoms with Gasteiger partial charge in [0.05, 0.1) is 0 Å². The van der Waals surface area contributed by atoms with Crippen LogP contribution in [0, 0.1) is 0 Å². The van der Waals surface area contributed by atoms with Gasteiger partial charge in [0, 0.05) is 19.1 Å². The normalized spacial score (nSPS) is 33.9. The Labute approximate surface area is 118 Å². The molecule has 4 amide bonds. The van der Waals surface area contributed by atoms with Crippen LogP contribution in [-0.2, 0) is 9.59 Å². The monoisotopic (exact) mass is 279 g/mol. The van der Waals surface area contributed by atoms with E-state index >= 15 is 0 Å². The van der Waals surface area contributed by atoms with Crippen molar-refractivity contribution in [3.8, 4) is 0 Å². The van der Waals surface area contributed by atoms with Gasteiger partial charge in [-0.3, -0.25) is 9.59 Å². The molecule has 6 nitrogen and oxygen atoms in total. The van der Waals surface area contributed by atoms with Crippen LogP contribution >= 0.6 is 0 Å². The number of carbonyl (C=O) groups is 3. The van der Waals surface area contributed by atoms with Gasteiger partial charge in [0.15, 0.2) is 0 Å². The second-order valence-corrected chi connectivity index (χ2v) is 6.42. The maximum Gasteiger partial charge on any atom is 0.328 e. The van der Waals surface area contributed by atoms with Gasteiger partial charge in [0.1, 0.15) is 11.6 Å². The van der Waals surface area contributed by atoms with Crippen LogP contribution in [0.2, 0.25) is 0 Å². The zero-order valence-corrected chi connectivity index (χ0v) is 12.3. The maximum atomic E-state index is 12.6. The van der Waals surface area contributed by atoms with Gasteiger partial charge in [0.2, 0.25) is 5.91 Å². The van der Waals surface area contributed by atoms with Gasteiger partial charge in [-0.2, -0.15) is 0 Å². The van der Waals surface area contributed by atoms with Crippen LogP contribution in [0.4, 0.5) is 4.79 Å². The van der Waals surface area contributed by atoms with Crippen LogP contribution in [0.15, 0.2) is 0 Å². The van der Waals surface area contributed by atoms with Crippen LogP contribution in [0.5, 0.6) is 0 Å². The molecule has 0 N–H and O–H groups in total. The van der Waals surface area contributed by atoms with Crippen LogP contribution < -0.4 is 0 Å². The molecule has 3 heterocycles. The number of amides is 4. The van der Waals surface area contributed by atoms with E-state index in [-0.39, 0.29) is 23.9 Å². The van der Waals surface area contributed by atoms with E-state index in [1.807, 2.05) is 20.8 Å². The molecule has 110 valence electrons. The minimum Gasteiger partial charge on any atom is -0.338 e. The Morgan fingerprint density at radius 2 is 1.90 bits per heavy atom. The third-order valence-corrected chi connectivity index (χ3v) is 4.90. The third kappa shape index (κ3) is 1.53. The van der Waals surface area contributed by atoms with Crippen molar-refractivity contribution in [3.05, 3.63) is 0 Å². The minimum absolute atomic E-state index is 0.0912. The summed E-state index contributed by atoms with van der Waals surface area (Å²) in [7, 11) is 0. The first-order valence-electron chi connectivity index (χ1n) is 7.33. The molecule has 0 saturated carbocycles. The average molecular weight is 279 g/mol. The number of fused-ring (bicyclic) bond motifs is 1. The van der Waals surface area contributed by atoms with Crippen molar-refractivity contribution in [2.75, 3.05) is 13.1 Å². The Morgan fingerprint density at radius 3 is 2.45 bits per heavy atom. The van der Waals surface area contributed by atoms with E-state index in [0.29, 0.717) is 25.9 Å². The molecule has 3 fully saturated rings. The molecule has 3 aliphatic heterocycles. The van der Waals surface area contributed by atoms with Crippen LogP contribution in [0.3, 0.4) is 0 Å². The highest BCUT2D eigenvalue weighted by Gasteiger charge is 2.59. The lowest BCUT2D eigenvalue weighted by atomic mass is 9.99. The number of urea groups is 1. The molecule has 3 saturated heterocycles. The van der Waals surface area contributed by atoms with Crippen molar-refractivity contribution < 1.29 is 14.4 Å². The molecule has 1 unspecified atom stereocenters. The number of likely N-dealkylation sites (tertiary alicyclic amines) is 1. The molecule has 3 aliphatic rings. The van der Waals surface area contributed by atoms with Gasteiger partial charge < -0.3 is 9.80 Å². The SMILES string of the molecule is CC(C)N1CCC(N2C(=O)N3CCC[C@@]3(C)C2=O)C1=O. The van der Waals surface area contributed by atoms with Crippen molar-refractivity contribution in [2.24, 2.45) is 0 Å². The largest absolute Gasteiger partial charge is 0.338 e. The fraction of sp³-hybridized carbons (Fsp3) is 0.786. The molecule has 2 atom stereocenters. The summed E-state index contributed by atoms with van der Waals surface area (Å²) in [5.41, 5.74) is -0.720. The predicted molar refractivity (Wildman–Crippen MR) is 71.8 cm³/mol. The molecule has 0 radical (unpaired) electrons. The summed E-state index contributed by atoms with van der Waals surface area (Å²) in [6.07, 6.45) is 2.11. The van der Waals surface area contributed by atoms with E-state index in [0.717, 1.165) is 6.42 Å². The molecule has 0 aromatic heterocycles. The first-order chi connectivity index (χ1) is 9.38. The highest BCUT2D eigenvalue weighted by atomic mass is 16.2. The van der Waals surface area contributed by atoms with Crippen molar-refractivity contribution >= 4 is 17.8 Å². The Bertz CT molecular complexity index is 490. The molecular formula is C14H21N3O3. The average Bonchev–Trinajstić information content (AvgIpc) is 2.98. The molecule has 20 heavy (non-hydrogen) atoms. The number of hydrogen-bond acceptors (Lipinski definition) is 3. The molecule has 0 spiro atoms. The summed E-state index contributed by atoms with van der Waals surface area (Å²) in [5.74, 6) is -0.282. The number of rotatable bonds is 2. The molecule has 3 rings (SSSR count). The lowest BCUT2D eigenvalue weighted by Crippen LogP contribution is -2.48. The van der Waals surface area contributed by atoms with Gasteiger partial charge in [0.25, 0.3) is 5.91 Å². The molecular weight excluding hydrogens is 258 g/mol. The molecule has 0 aromatic rings. The number of carbonyl (C=O) groups excluding carboxylic acids is 3. The Hall–Kier alpha value is -1.59. The third-order valence-electron chi connectivity index (χ3n) is 4.90. The van der Waals surface area contributed by atoms with E-state index in [1.165, 1.54) is 4.90 Å². The number of nitrogens with zero attached hydrogens (tertiary/aromatic N) is 3. The highest BCUT2D eigenvalue weighted by Crippen LogP contribution is 2.39. The fourth-order valence-electron chi connectivity index (χ4n) is 3.68. The zero-order valence-electron chi connectivity index (χ0n) is 12.3. The number of imide groups is 1. The summed E-state index contributed by atoms with van der Waals surface area (Å²) < 4.78 is 0. The van der Waals surface area contributed by atoms with E-state index in [9.17, 15) is 14.4 Å². The van der Waals surface area contributed by atoms with Crippen LogP contribution in [-0.4, -0.2) is 63.3 Å². The van der Waals surface area contributed by atoms with Crippen molar-refractivity contribution in [1.82, 2.24) is 14.7 Å². The summed E-state index contributed by atoms with van der Waals surface area (Å²) >= 11 is 0. The second kappa shape index (κ2) is 4.20. The molecule has 0 aromatic carbocycles. The smallest absolute Gasteiger partial charge is 0.328 e. The number of hydrogen-bond donors (Lipinski definition) is 0.